The van der Waals surface area contributed by atoms with Crippen molar-refractivity contribution in [3.05, 3.63) is 89.9 Å². The molecule has 8 heteroatoms. The van der Waals surface area contributed by atoms with Crippen molar-refractivity contribution < 1.29 is 18.7 Å². The Morgan fingerprint density at radius 2 is 1.75 bits per heavy atom. The molecule has 4 rings (SSSR count). The number of benzene rings is 2. The van der Waals surface area contributed by atoms with Crippen molar-refractivity contribution in [2.24, 2.45) is 0 Å². The molecular formula is C28H34N4O4. The van der Waals surface area contributed by atoms with Crippen LogP contribution in [0, 0.1) is 6.92 Å². The van der Waals surface area contributed by atoms with Crippen LogP contribution in [0.1, 0.15) is 22.9 Å². The maximum atomic E-state index is 13.3. The number of morpholine rings is 1. The first-order chi connectivity index (χ1) is 17.6. The number of nitrogens with one attached hydrogen (secondary N) is 2. The molecule has 2 aromatic carbocycles. The molecule has 0 spiro atoms. The predicted octanol–water partition coefficient (Wildman–Crippen LogP) is 3.22. The summed E-state index contributed by atoms with van der Waals surface area (Å²) in [6.45, 7) is 6.23. The number of aryl methyl sites for hydroxylation is 1. The first-order valence-corrected chi connectivity index (χ1v) is 12.3. The van der Waals surface area contributed by atoms with Crippen molar-refractivity contribution in [1.82, 2.24) is 15.1 Å². The maximum absolute atomic E-state index is 13.3. The Hall–Kier alpha value is -3.46. The summed E-state index contributed by atoms with van der Waals surface area (Å²) < 4.78 is 10.9. The van der Waals surface area contributed by atoms with Gasteiger partial charge in [-0.25, -0.2) is 0 Å². The van der Waals surface area contributed by atoms with Crippen LogP contribution in [0.3, 0.4) is 0 Å². The van der Waals surface area contributed by atoms with Crippen molar-refractivity contribution in [2.45, 2.75) is 19.5 Å². The van der Waals surface area contributed by atoms with Gasteiger partial charge < -0.3 is 24.7 Å². The number of para-hydroxylation sites is 1. The van der Waals surface area contributed by atoms with E-state index in [1.807, 2.05) is 30.3 Å². The Morgan fingerprint density at radius 3 is 2.44 bits per heavy atom. The lowest BCUT2D eigenvalue weighted by Crippen LogP contribution is -2.46. The monoisotopic (exact) mass is 490 g/mol. The average molecular weight is 491 g/mol. The van der Waals surface area contributed by atoms with E-state index in [0.717, 1.165) is 25.2 Å². The lowest BCUT2D eigenvalue weighted by Gasteiger charge is -2.31. The summed E-state index contributed by atoms with van der Waals surface area (Å²) in [5.74, 6) is 0.192. The number of carbonyl (C=O) groups excluding carboxylic acids is 2. The lowest BCUT2D eigenvalue weighted by molar-refractivity contribution is -0.134. The summed E-state index contributed by atoms with van der Waals surface area (Å²) in [6, 6.07) is 21.1. The maximum Gasteiger partial charge on any atom is 0.244 e. The summed E-state index contributed by atoms with van der Waals surface area (Å²) in [5.41, 5.74) is 3.00. The molecule has 2 amide bonds. The molecule has 1 aromatic heterocycles. The summed E-state index contributed by atoms with van der Waals surface area (Å²) in [6.07, 6.45) is 1.57. The molecule has 8 nitrogen and oxygen atoms in total. The van der Waals surface area contributed by atoms with E-state index in [1.165, 1.54) is 10.5 Å². The number of carbonyl (C=O) groups is 2. The van der Waals surface area contributed by atoms with Crippen LogP contribution < -0.4 is 10.6 Å². The lowest BCUT2D eigenvalue weighted by atomic mass is 10.0. The van der Waals surface area contributed by atoms with Gasteiger partial charge in [0.05, 0.1) is 32.6 Å². The van der Waals surface area contributed by atoms with Gasteiger partial charge in [0.25, 0.3) is 0 Å². The number of ether oxygens (including phenoxy) is 1. The quantitative estimate of drug-likeness (QED) is 0.429. The van der Waals surface area contributed by atoms with Gasteiger partial charge in [-0.2, -0.15) is 0 Å². The fourth-order valence-electron chi connectivity index (χ4n) is 4.17. The van der Waals surface area contributed by atoms with Crippen molar-refractivity contribution in [3.63, 3.8) is 0 Å². The van der Waals surface area contributed by atoms with E-state index in [1.54, 1.807) is 18.4 Å². The average Bonchev–Trinajstić information content (AvgIpc) is 3.41. The highest BCUT2D eigenvalue weighted by Crippen LogP contribution is 2.17. The smallest absolute Gasteiger partial charge is 0.244 e. The van der Waals surface area contributed by atoms with E-state index in [-0.39, 0.29) is 37.5 Å². The molecule has 1 saturated heterocycles. The molecule has 1 unspecified atom stereocenters. The second-order valence-electron chi connectivity index (χ2n) is 9.00. The van der Waals surface area contributed by atoms with Crippen LogP contribution in [0.2, 0.25) is 0 Å². The minimum Gasteiger partial charge on any atom is -0.467 e. The zero-order chi connectivity index (χ0) is 25.2. The van der Waals surface area contributed by atoms with Crippen LogP contribution in [-0.2, 0) is 20.9 Å². The van der Waals surface area contributed by atoms with E-state index in [2.05, 4.69) is 46.7 Å². The Balaban J connectivity index is 1.42. The van der Waals surface area contributed by atoms with Crippen molar-refractivity contribution in [3.8, 4) is 0 Å². The molecule has 0 saturated carbocycles. The molecule has 0 aliphatic carbocycles. The molecule has 1 aliphatic heterocycles. The van der Waals surface area contributed by atoms with E-state index in [9.17, 15) is 9.59 Å². The molecule has 1 aliphatic rings. The molecule has 1 atom stereocenters. The molecule has 0 bridgehead atoms. The third-order valence-electron chi connectivity index (χ3n) is 6.20. The molecule has 190 valence electrons. The minimum atomic E-state index is -0.260. The number of nitrogens with zero attached hydrogens (tertiary/aromatic N) is 2. The zero-order valence-corrected chi connectivity index (χ0v) is 20.7. The third kappa shape index (κ3) is 7.78. The normalized spacial score (nSPS) is 14.8. The Labute approximate surface area is 212 Å². The van der Waals surface area contributed by atoms with Gasteiger partial charge in [0.15, 0.2) is 0 Å². The fourth-order valence-corrected chi connectivity index (χ4v) is 4.17. The molecule has 3 aromatic rings. The summed E-state index contributed by atoms with van der Waals surface area (Å²) in [7, 11) is 0. The SMILES string of the molecule is Cc1ccc(C(CN2CCOCC2)NCC(=O)N(CC(=O)Nc2ccccc2)Cc2ccco2)cc1. The van der Waals surface area contributed by atoms with Gasteiger partial charge in [-0.1, -0.05) is 48.0 Å². The standard InChI is InChI=1S/C28H34N4O4/c1-22-9-11-23(12-10-22)26(20-31-13-16-35-17-14-31)29-18-28(34)32(19-25-8-5-15-36-25)21-27(33)30-24-6-3-2-4-7-24/h2-12,15,26,29H,13-14,16-21H2,1H3,(H,30,33). The highest BCUT2D eigenvalue weighted by molar-refractivity contribution is 5.94. The third-order valence-corrected chi connectivity index (χ3v) is 6.20. The zero-order valence-electron chi connectivity index (χ0n) is 20.7. The van der Waals surface area contributed by atoms with E-state index in [0.29, 0.717) is 24.7 Å². The second-order valence-corrected chi connectivity index (χ2v) is 9.00. The number of hydrogen-bond acceptors (Lipinski definition) is 6. The molecule has 1 fully saturated rings. The molecule has 2 heterocycles. The van der Waals surface area contributed by atoms with Crippen molar-refractivity contribution in [1.29, 1.82) is 0 Å². The van der Waals surface area contributed by atoms with Crippen molar-refractivity contribution in [2.75, 3.05) is 51.3 Å². The number of furan rings is 1. The second kappa shape index (κ2) is 13.0. The number of hydrogen-bond donors (Lipinski definition) is 2. The van der Waals surface area contributed by atoms with Crippen LogP contribution in [0.15, 0.2) is 77.4 Å². The van der Waals surface area contributed by atoms with Gasteiger partial charge in [-0.05, 0) is 36.8 Å². The number of rotatable bonds is 11. The van der Waals surface area contributed by atoms with Gasteiger partial charge in [0, 0.05) is 31.4 Å². The van der Waals surface area contributed by atoms with Gasteiger partial charge in [0.1, 0.15) is 12.3 Å². The highest BCUT2D eigenvalue weighted by Gasteiger charge is 2.23. The molecule has 36 heavy (non-hydrogen) atoms. The Morgan fingerprint density at radius 1 is 1.00 bits per heavy atom. The molecule has 0 radical (unpaired) electrons. The van der Waals surface area contributed by atoms with Crippen LogP contribution >= 0.6 is 0 Å². The Kier molecular flexibility index (Phi) is 9.27. The van der Waals surface area contributed by atoms with Crippen LogP contribution in [-0.4, -0.2) is 67.6 Å². The van der Waals surface area contributed by atoms with Crippen LogP contribution in [0.4, 0.5) is 5.69 Å². The molecule has 2 N–H and O–H groups in total. The van der Waals surface area contributed by atoms with Gasteiger partial charge >= 0.3 is 0 Å². The largest absolute Gasteiger partial charge is 0.467 e. The minimum absolute atomic E-state index is 0.0312. The van der Waals surface area contributed by atoms with Crippen molar-refractivity contribution >= 4 is 17.5 Å². The van der Waals surface area contributed by atoms with Gasteiger partial charge in [-0.15, -0.1) is 0 Å². The Bertz CT molecular complexity index is 1080. The van der Waals surface area contributed by atoms with Crippen LogP contribution in [0.25, 0.3) is 0 Å². The highest BCUT2D eigenvalue weighted by atomic mass is 16.5. The first-order valence-electron chi connectivity index (χ1n) is 12.3. The van der Waals surface area contributed by atoms with Gasteiger partial charge in [-0.3, -0.25) is 14.5 Å². The van der Waals surface area contributed by atoms with Crippen LogP contribution in [0.5, 0.6) is 0 Å². The van der Waals surface area contributed by atoms with E-state index in [4.69, 9.17) is 9.15 Å². The summed E-state index contributed by atoms with van der Waals surface area (Å²) >= 11 is 0. The molecular weight excluding hydrogens is 456 g/mol. The van der Waals surface area contributed by atoms with E-state index >= 15 is 0 Å². The van der Waals surface area contributed by atoms with Gasteiger partial charge in [0.2, 0.25) is 11.8 Å². The topological polar surface area (TPSA) is 87.0 Å². The first kappa shape index (κ1) is 25.6. The predicted molar refractivity (Wildman–Crippen MR) is 138 cm³/mol. The number of anilines is 1. The summed E-state index contributed by atoms with van der Waals surface area (Å²) in [4.78, 5) is 29.9. The number of amides is 2. The van der Waals surface area contributed by atoms with E-state index < -0.39 is 0 Å². The summed E-state index contributed by atoms with van der Waals surface area (Å²) in [5, 5.41) is 6.30. The fraction of sp³-hybridized carbons (Fsp3) is 0.357.